The summed E-state index contributed by atoms with van der Waals surface area (Å²) in [6, 6.07) is 3.72. The average molecular weight is 360 g/mol. The van der Waals surface area contributed by atoms with Gasteiger partial charge in [-0.05, 0) is 13.5 Å². The van der Waals surface area contributed by atoms with E-state index in [2.05, 4.69) is 44.7 Å². The van der Waals surface area contributed by atoms with Crippen molar-refractivity contribution in [3.8, 4) is 11.6 Å². The van der Waals surface area contributed by atoms with E-state index in [1.165, 1.54) is 0 Å². The van der Waals surface area contributed by atoms with Crippen LogP contribution in [0.5, 0.6) is 11.6 Å². The van der Waals surface area contributed by atoms with Gasteiger partial charge in [-0.15, -0.1) is 0 Å². The number of aromatic nitrogens is 3. The lowest BCUT2D eigenvalue weighted by Gasteiger charge is -2.16. The van der Waals surface area contributed by atoms with Crippen LogP contribution < -0.4 is 25.4 Å². The highest BCUT2D eigenvalue weighted by Crippen LogP contribution is 2.29. The molecule has 0 amide bonds. The minimum absolute atomic E-state index is 0.370. The van der Waals surface area contributed by atoms with Gasteiger partial charge in [0.05, 0.1) is 25.6 Å². The van der Waals surface area contributed by atoms with Gasteiger partial charge >= 0.3 is 0 Å². The van der Waals surface area contributed by atoms with Crippen LogP contribution in [0.2, 0.25) is 0 Å². The highest BCUT2D eigenvalue weighted by atomic mass is 16.5. The quantitative estimate of drug-likeness (QED) is 0.595. The molecule has 0 saturated heterocycles. The number of rotatable bonds is 10. The van der Waals surface area contributed by atoms with Crippen LogP contribution in [0, 0.1) is 12.8 Å². The molecule has 0 aromatic carbocycles. The van der Waals surface area contributed by atoms with E-state index in [0.717, 1.165) is 30.3 Å². The summed E-state index contributed by atoms with van der Waals surface area (Å²) in [5.41, 5.74) is 1.59. The number of nitrogens with zero attached hydrogens (tertiary/aromatic N) is 3. The lowest BCUT2D eigenvalue weighted by atomic mass is 10.2. The van der Waals surface area contributed by atoms with Crippen molar-refractivity contribution in [2.45, 2.75) is 20.8 Å². The van der Waals surface area contributed by atoms with Crippen LogP contribution in [0.1, 0.15) is 19.5 Å². The fraction of sp³-hybridized carbons (Fsp3) is 0.500. The second-order valence-corrected chi connectivity index (χ2v) is 6.05. The fourth-order valence-corrected chi connectivity index (χ4v) is 2.32. The van der Waals surface area contributed by atoms with Crippen LogP contribution >= 0.6 is 0 Å². The minimum Gasteiger partial charge on any atom is -0.488 e. The predicted octanol–water partition coefficient (Wildman–Crippen LogP) is 2.60. The van der Waals surface area contributed by atoms with E-state index in [4.69, 9.17) is 9.47 Å². The molecule has 2 aromatic heterocycles. The van der Waals surface area contributed by atoms with E-state index in [1.54, 1.807) is 13.3 Å². The molecule has 2 heterocycles. The molecule has 8 nitrogen and oxygen atoms in total. The summed E-state index contributed by atoms with van der Waals surface area (Å²) in [4.78, 5) is 13.1. The maximum atomic E-state index is 5.91. The molecule has 2 aromatic rings. The van der Waals surface area contributed by atoms with E-state index in [-0.39, 0.29) is 0 Å². The number of anilines is 3. The van der Waals surface area contributed by atoms with Gasteiger partial charge in [-0.2, -0.15) is 4.98 Å². The summed E-state index contributed by atoms with van der Waals surface area (Å²) in [7, 11) is 3.40. The lowest BCUT2D eigenvalue weighted by molar-refractivity contribution is 0.242. The maximum absolute atomic E-state index is 5.91. The summed E-state index contributed by atoms with van der Waals surface area (Å²) >= 11 is 0. The second kappa shape index (κ2) is 9.76. The number of methoxy groups -OCH3 is 1. The zero-order valence-electron chi connectivity index (χ0n) is 16.1. The lowest BCUT2D eigenvalue weighted by Crippen LogP contribution is -2.24. The number of hydrogen-bond acceptors (Lipinski definition) is 8. The van der Waals surface area contributed by atoms with Crippen LogP contribution in [0.15, 0.2) is 18.3 Å². The van der Waals surface area contributed by atoms with Crippen molar-refractivity contribution in [2.75, 3.05) is 44.5 Å². The van der Waals surface area contributed by atoms with Gasteiger partial charge in [-0.25, -0.2) is 9.97 Å². The van der Waals surface area contributed by atoms with Crippen molar-refractivity contribution in [1.82, 2.24) is 20.3 Å². The van der Waals surface area contributed by atoms with E-state index < -0.39 is 0 Å². The van der Waals surface area contributed by atoms with Crippen molar-refractivity contribution in [1.29, 1.82) is 0 Å². The molecule has 0 aliphatic heterocycles. The summed E-state index contributed by atoms with van der Waals surface area (Å²) in [5.74, 6) is 2.65. The van der Waals surface area contributed by atoms with Gasteiger partial charge in [-0.1, -0.05) is 13.8 Å². The SMILES string of the molecule is CCNC[C@@H](C)COc1cc(Nc2nc(C)cc(NC)n2)cnc1OC. The smallest absolute Gasteiger partial charge is 0.256 e. The van der Waals surface area contributed by atoms with Crippen molar-refractivity contribution in [2.24, 2.45) is 5.92 Å². The Morgan fingerprint density at radius 1 is 1.23 bits per heavy atom. The first-order valence-corrected chi connectivity index (χ1v) is 8.73. The van der Waals surface area contributed by atoms with E-state index in [1.807, 2.05) is 26.1 Å². The van der Waals surface area contributed by atoms with Gasteiger partial charge in [-0.3, -0.25) is 0 Å². The molecule has 0 spiro atoms. The monoisotopic (exact) mass is 360 g/mol. The van der Waals surface area contributed by atoms with Gasteiger partial charge in [0.25, 0.3) is 5.88 Å². The number of aryl methyl sites for hydroxylation is 1. The summed E-state index contributed by atoms with van der Waals surface area (Å²) in [5, 5.41) is 9.49. The molecule has 0 aliphatic carbocycles. The second-order valence-electron chi connectivity index (χ2n) is 6.05. The minimum atomic E-state index is 0.370. The molecule has 8 heteroatoms. The highest BCUT2D eigenvalue weighted by Gasteiger charge is 2.11. The molecule has 0 saturated carbocycles. The third-order valence-corrected chi connectivity index (χ3v) is 3.64. The van der Waals surface area contributed by atoms with Crippen LogP contribution in [0.3, 0.4) is 0 Å². The van der Waals surface area contributed by atoms with E-state index >= 15 is 0 Å². The molecule has 26 heavy (non-hydrogen) atoms. The summed E-state index contributed by atoms with van der Waals surface area (Å²) < 4.78 is 11.2. The molecule has 0 radical (unpaired) electrons. The van der Waals surface area contributed by atoms with Crippen LogP contribution in [0.25, 0.3) is 0 Å². The van der Waals surface area contributed by atoms with Crippen molar-refractivity contribution in [3.63, 3.8) is 0 Å². The Hall–Kier alpha value is -2.61. The molecular formula is C18H28N6O2. The molecule has 0 aliphatic rings. The third-order valence-electron chi connectivity index (χ3n) is 3.64. The predicted molar refractivity (Wildman–Crippen MR) is 104 cm³/mol. The summed E-state index contributed by atoms with van der Waals surface area (Å²) in [6.07, 6.45) is 1.67. The largest absolute Gasteiger partial charge is 0.488 e. The van der Waals surface area contributed by atoms with Gasteiger partial charge in [0, 0.05) is 37.3 Å². The number of nitrogens with one attached hydrogen (secondary N) is 3. The van der Waals surface area contributed by atoms with Gasteiger partial charge in [0.2, 0.25) is 5.95 Å². The van der Waals surface area contributed by atoms with Gasteiger partial charge in [0.1, 0.15) is 5.82 Å². The number of ether oxygens (including phenoxy) is 2. The van der Waals surface area contributed by atoms with Crippen molar-refractivity contribution >= 4 is 17.5 Å². The first kappa shape index (κ1) is 19.7. The van der Waals surface area contributed by atoms with Crippen LogP contribution in [-0.2, 0) is 0 Å². The Morgan fingerprint density at radius 3 is 2.73 bits per heavy atom. The maximum Gasteiger partial charge on any atom is 0.256 e. The van der Waals surface area contributed by atoms with E-state index in [0.29, 0.717) is 30.1 Å². The van der Waals surface area contributed by atoms with Crippen LogP contribution in [-0.4, -0.2) is 48.8 Å². The molecule has 3 N–H and O–H groups in total. The Bertz CT molecular complexity index is 710. The Morgan fingerprint density at radius 2 is 2.04 bits per heavy atom. The molecule has 0 bridgehead atoms. The standard InChI is InChI=1S/C18H28N6O2/c1-6-20-9-12(2)11-26-15-8-14(10-21-17(15)25-5)23-18-22-13(3)7-16(19-4)24-18/h7-8,10,12,20H,6,9,11H2,1-5H3,(H2,19,22,23,24)/t12-/m1/s1. The zero-order chi connectivity index (χ0) is 18.9. The zero-order valence-corrected chi connectivity index (χ0v) is 16.1. The van der Waals surface area contributed by atoms with Crippen LogP contribution in [0.4, 0.5) is 17.5 Å². The number of hydrogen-bond donors (Lipinski definition) is 3. The molecule has 142 valence electrons. The van der Waals surface area contributed by atoms with E-state index in [9.17, 15) is 0 Å². The van der Waals surface area contributed by atoms with Crippen molar-refractivity contribution in [3.05, 3.63) is 24.0 Å². The molecule has 0 fully saturated rings. The first-order valence-electron chi connectivity index (χ1n) is 8.73. The van der Waals surface area contributed by atoms with Gasteiger partial charge < -0.3 is 25.4 Å². The summed E-state index contributed by atoms with van der Waals surface area (Å²) in [6.45, 7) is 8.54. The fourth-order valence-electron chi connectivity index (χ4n) is 2.32. The molecular weight excluding hydrogens is 332 g/mol. The average Bonchev–Trinajstić information content (AvgIpc) is 2.64. The topological polar surface area (TPSA) is 93.2 Å². The van der Waals surface area contributed by atoms with Gasteiger partial charge in [0.15, 0.2) is 5.75 Å². The Labute approximate surface area is 154 Å². The first-order chi connectivity index (χ1) is 12.5. The Kier molecular flexibility index (Phi) is 7.40. The molecule has 1 atom stereocenters. The normalized spacial score (nSPS) is 11.7. The highest BCUT2D eigenvalue weighted by molar-refractivity contribution is 5.58. The van der Waals surface area contributed by atoms with Crippen molar-refractivity contribution < 1.29 is 9.47 Å². The molecule has 2 rings (SSSR count). The third kappa shape index (κ3) is 5.73. The Balaban J connectivity index is 2.11. The molecule has 0 unspecified atom stereocenters. The number of pyridine rings is 1.